The van der Waals surface area contributed by atoms with Crippen LogP contribution in [-0.2, 0) is 9.59 Å². The number of hydrogen-bond acceptors (Lipinski definition) is 5. The first-order chi connectivity index (χ1) is 14.0. The minimum Gasteiger partial charge on any atom is -0.482 e. The second-order valence-electron chi connectivity index (χ2n) is 7.76. The van der Waals surface area contributed by atoms with Crippen LogP contribution in [0, 0.1) is 0 Å². The smallest absolute Gasteiger partial charge is 0.265 e. The maximum atomic E-state index is 12.4. The van der Waals surface area contributed by atoms with Gasteiger partial charge in [-0.1, -0.05) is 6.42 Å². The standard InChI is InChI=1S/C21H30N4O4/c1-23(2)21(28)16-7-8-18-17(13-16)25(20(27)15-29-18)14-19(26)22-9-6-12-24-10-4-3-5-11-24/h7-8,13H,3-6,9-12,14-15H2,1-2H3,(H,22,26). The van der Waals surface area contributed by atoms with Gasteiger partial charge in [0.25, 0.3) is 11.8 Å². The minimum atomic E-state index is -0.296. The molecule has 0 aliphatic carbocycles. The molecule has 8 nitrogen and oxygen atoms in total. The molecule has 1 fully saturated rings. The SMILES string of the molecule is CN(C)C(=O)c1ccc2c(c1)N(CC(=O)NCCCN1CCCCC1)C(=O)CO2. The van der Waals surface area contributed by atoms with Crippen LogP contribution in [0.3, 0.4) is 0 Å². The molecule has 2 aliphatic heterocycles. The first-order valence-electron chi connectivity index (χ1n) is 10.2. The summed E-state index contributed by atoms with van der Waals surface area (Å²) in [6.07, 6.45) is 4.71. The first kappa shape index (κ1) is 21.1. The maximum Gasteiger partial charge on any atom is 0.265 e. The van der Waals surface area contributed by atoms with Crippen molar-refractivity contribution in [3.05, 3.63) is 23.8 Å². The van der Waals surface area contributed by atoms with Gasteiger partial charge in [-0.25, -0.2) is 0 Å². The van der Waals surface area contributed by atoms with Crippen LogP contribution in [0.4, 0.5) is 5.69 Å². The number of amides is 3. The van der Waals surface area contributed by atoms with E-state index in [0.717, 1.165) is 26.1 Å². The molecule has 158 valence electrons. The molecule has 0 unspecified atom stereocenters. The predicted molar refractivity (Wildman–Crippen MR) is 110 cm³/mol. The molecule has 2 heterocycles. The lowest BCUT2D eigenvalue weighted by atomic mass is 10.1. The number of rotatable bonds is 7. The number of carbonyl (C=O) groups excluding carboxylic acids is 3. The molecule has 0 saturated carbocycles. The van der Waals surface area contributed by atoms with Crippen molar-refractivity contribution >= 4 is 23.4 Å². The molecule has 1 aromatic rings. The number of piperidine rings is 1. The zero-order chi connectivity index (χ0) is 20.8. The third-order valence-corrected chi connectivity index (χ3v) is 5.28. The summed E-state index contributed by atoms with van der Waals surface area (Å²) in [6.45, 7) is 3.65. The molecule has 0 bridgehead atoms. The molecule has 3 amide bonds. The van der Waals surface area contributed by atoms with Crippen LogP contribution in [0.2, 0.25) is 0 Å². The fourth-order valence-electron chi connectivity index (χ4n) is 3.68. The fraction of sp³-hybridized carbons (Fsp3) is 0.571. The Kier molecular flexibility index (Phi) is 7.09. The van der Waals surface area contributed by atoms with Crippen molar-refractivity contribution in [3.8, 4) is 5.75 Å². The van der Waals surface area contributed by atoms with Crippen molar-refractivity contribution in [2.24, 2.45) is 0 Å². The van der Waals surface area contributed by atoms with Gasteiger partial charge in [0.15, 0.2) is 6.61 Å². The van der Waals surface area contributed by atoms with Gasteiger partial charge in [0.05, 0.1) is 5.69 Å². The zero-order valence-corrected chi connectivity index (χ0v) is 17.3. The van der Waals surface area contributed by atoms with Crippen molar-refractivity contribution < 1.29 is 19.1 Å². The molecule has 3 rings (SSSR count). The van der Waals surface area contributed by atoms with E-state index in [1.54, 1.807) is 32.3 Å². The van der Waals surface area contributed by atoms with Crippen molar-refractivity contribution in [2.45, 2.75) is 25.7 Å². The number of anilines is 1. The monoisotopic (exact) mass is 402 g/mol. The van der Waals surface area contributed by atoms with Gasteiger partial charge in [0, 0.05) is 26.2 Å². The zero-order valence-electron chi connectivity index (χ0n) is 17.3. The summed E-state index contributed by atoms with van der Waals surface area (Å²) >= 11 is 0. The quantitative estimate of drug-likeness (QED) is 0.691. The van der Waals surface area contributed by atoms with Crippen molar-refractivity contribution in [3.63, 3.8) is 0 Å². The van der Waals surface area contributed by atoms with Gasteiger partial charge in [-0.3, -0.25) is 19.3 Å². The van der Waals surface area contributed by atoms with Gasteiger partial charge in [0.2, 0.25) is 5.91 Å². The molecule has 1 N–H and O–H groups in total. The third kappa shape index (κ3) is 5.47. The number of hydrogen-bond donors (Lipinski definition) is 1. The first-order valence-corrected chi connectivity index (χ1v) is 10.2. The molecular weight excluding hydrogens is 372 g/mol. The summed E-state index contributed by atoms with van der Waals surface area (Å²) in [6, 6.07) is 4.94. The predicted octanol–water partition coefficient (Wildman–Crippen LogP) is 1.11. The lowest BCUT2D eigenvalue weighted by Gasteiger charge is -2.29. The van der Waals surface area contributed by atoms with Crippen molar-refractivity contribution in [2.75, 3.05) is 58.3 Å². The van der Waals surface area contributed by atoms with E-state index in [1.807, 2.05) is 0 Å². The Bertz CT molecular complexity index is 759. The van der Waals surface area contributed by atoms with E-state index in [9.17, 15) is 14.4 Å². The van der Waals surface area contributed by atoms with Gasteiger partial charge in [-0.05, 0) is 57.1 Å². The molecule has 8 heteroatoms. The molecule has 1 aromatic carbocycles. The summed E-state index contributed by atoms with van der Waals surface area (Å²) in [7, 11) is 3.33. The number of nitrogens with one attached hydrogen (secondary N) is 1. The van der Waals surface area contributed by atoms with E-state index in [0.29, 0.717) is 23.5 Å². The second kappa shape index (κ2) is 9.73. The fourth-order valence-corrected chi connectivity index (χ4v) is 3.68. The molecule has 0 spiro atoms. The second-order valence-corrected chi connectivity index (χ2v) is 7.76. The van der Waals surface area contributed by atoms with Gasteiger partial charge in [-0.2, -0.15) is 0 Å². The van der Waals surface area contributed by atoms with Gasteiger partial charge < -0.3 is 19.9 Å². The van der Waals surface area contributed by atoms with Gasteiger partial charge in [-0.15, -0.1) is 0 Å². The lowest BCUT2D eigenvalue weighted by Crippen LogP contribution is -2.45. The van der Waals surface area contributed by atoms with Crippen LogP contribution in [0.25, 0.3) is 0 Å². The normalized spacial score (nSPS) is 16.8. The third-order valence-electron chi connectivity index (χ3n) is 5.28. The number of ether oxygens (including phenoxy) is 1. The Hall–Kier alpha value is -2.61. The number of carbonyl (C=O) groups is 3. The number of nitrogens with zero attached hydrogens (tertiary/aromatic N) is 3. The van der Waals surface area contributed by atoms with Crippen LogP contribution in [0.1, 0.15) is 36.0 Å². The van der Waals surface area contributed by atoms with E-state index in [2.05, 4.69) is 10.2 Å². The summed E-state index contributed by atoms with van der Waals surface area (Å²) < 4.78 is 5.46. The lowest BCUT2D eigenvalue weighted by molar-refractivity contribution is -0.125. The highest BCUT2D eigenvalue weighted by atomic mass is 16.5. The Labute approximate surface area is 171 Å². The molecule has 29 heavy (non-hydrogen) atoms. The molecule has 0 atom stereocenters. The Balaban J connectivity index is 1.57. The average Bonchev–Trinajstić information content (AvgIpc) is 2.73. The highest BCUT2D eigenvalue weighted by molar-refractivity contribution is 6.04. The maximum absolute atomic E-state index is 12.4. The molecule has 1 saturated heterocycles. The summed E-state index contributed by atoms with van der Waals surface area (Å²) in [5.41, 5.74) is 0.899. The van der Waals surface area contributed by atoms with Crippen LogP contribution < -0.4 is 15.0 Å². The van der Waals surface area contributed by atoms with E-state index in [4.69, 9.17) is 4.74 Å². The number of fused-ring (bicyclic) bond motifs is 1. The van der Waals surface area contributed by atoms with E-state index in [1.165, 1.54) is 29.1 Å². The largest absolute Gasteiger partial charge is 0.482 e. The van der Waals surface area contributed by atoms with Crippen LogP contribution in [0.5, 0.6) is 5.75 Å². The van der Waals surface area contributed by atoms with Gasteiger partial charge >= 0.3 is 0 Å². The average molecular weight is 402 g/mol. The summed E-state index contributed by atoms with van der Waals surface area (Å²) in [5.74, 6) is -0.185. The highest BCUT2D eigenvalue weighted by Crippen LogP contribution is 2.33. The molecule has 2 aliphatic rings. The van der Waals surface area contributed by atoms with Crippen molar-refractivity contribution in [1.82, 2.24) is 15.1 Å². The topological polar surface area (TPSA) is 82.2 Å². The summed E-state index contributed by atoms with van der Waals surface area (Å²) in [5, 5.41) is 2.90. The number of likely N-dealkylation sites (tertiary alicyclic amines) is 1. The van der Waals surface area contributed by atoms with Crippen LogP contribution >= 0.6 is 0 Å². The van der Waals surface area contributed by atoms with Crippen molar-refractivity contribution in [1.29, 1.82) is 0 Å². The summed E-state index contributed by atoms with van der Waals surface area (Å²) in [4.78, 5) is 42.3. The molecular formula is C21H30N4O4. The van der Waals surface area contributed by atoms with E-state index >= 15 is 0 Å². The highest BCUT2D eigenvalue weighted by Gasteiger charge is 2.28. The Morgan fingerprint density at radius 1 is 1.17 bits per heavy atom. The van der Waals surface area contributed by atoms with Gasteiger partial charge in [0.1, 0.15) is 12.3 Å². The number of benzene rings is 1. The van der Waals surface area contributed by atoms with E-state index < -0.39 is 0 Å². The van der Waals surface area contributed by atoms with Crippen LogP contribution in [0.15, 0.2) is 18.2 Å². The Morgan fingerprint density at radius 2 is 1.93 bits per heavy atom. The molecule has 0 aromatic heterocycles. The van der Waals surface area contributed by atoms with Crippen LogP contribution in [-0.4, -0.2) is 80.9 Å². The molecule has 0 radical (unpaired) electrons. The van der Waals surface area contributed by atoms with E-state index in [-0.39, 0.29) is 30.9 Å². The Morgan fingerprint density at radius 3 is 2.66 bits per heavy atom. The minimum absolute atomic E-state index is 0.0848.